The van der Waals surface area contributed by atoms with E-state index < -0.39 is 17.7 Å². The Bertz CT molecular complexity index is 1380. The van der Waals surface area contributed by atoms with E-state index in [0.717, 1.165) is 17.7 Å². The van der Waals surface area contributed by atoms with Gasteiger partial charge in [0.15, 0.2) is 11.5 Å². The Balaban J connectivity index is 1.67. The molecule has 1 atom stereocenters. The van der Waals surface area contributed by atoms with Gasteiger partial charge in [-0.3, -0.25) is 9.59 Å². The second-order valence-corrected chi connectivity index (χ2v) is 9.82. The van der Waals surface area contributed by atoms with Gasteiger partial charge in [-0.25, -0.2) is 0 Å². The van der Waals surface area contributed by atoms with Gasteiger partial charge in [-0.1, -0.05) is 30.3 Å². The number of phenolic OH excluding ortho intramolecular Hbond substituents is 1. The summed E-state index contributed by atoms with van der Waals surface area (Å²) in [5.41, 5.74) is 3.14. The van der Waals surface area contributed by atoms with Crippen molar-refractivity contribution in [3.05, 3.63) is 94.6 Å². The lowest BCUT2D eigenvalue weighted by Crippen LogP contribution is -2.32. The van der Waals surface area contributed by atoms with Gasteiger partial charge in [-0.15, -0.1) is 0 Å². The highest BCUT2D eigenvalue weighted by Gasteiger charge is 2.46. The molecule has 1 amide bonds. The van der Waals surface area contributed by atoms with Crippen LogP contribution in [0.1, 0.15) is 34.7 Å². The first-order valence-electron chi connectivity index (χ1n) is 12.8. The van der Waals surface area contributed by atoms with E-state index >= 15 is 0 Å². The van der Waals surface area contributed by atoms with E-state index in [1.54, 1.807) is 36.4 Å². The molecule has 1 aliphatic heterocycles. The van der Waals surface area contributed by atoms with E-state index in [4.69, 9.17) is 9.47 Å². The summed E-state index contributed by atoms with van der Waals surface area (Å²) in [5, 5.41) is 21.4. The van der Waals surface area contributed by atoms with Crippen molar-refractivity contribution in [2.75, 3.05) is 34.3 Å². The summed E-state index contributed by atoms with van der Waals surface area (Å²) in [5.74, 6) is -0.946. The second kappa shape index (κ2) is 12.0. The van der Waals surface area contributed by atoms with Gasteiger partial charge in [0.25, 0.3) is 11.7 Å². The molecule has 3 aromatic carbocycles. The third-order valence-corrected chi connectivity index (χ3v) is 6.85. The molecule has 0 aromatic heterocycles. The first-order valence-corrected chi connectivity index (χ1v) is 12.8. The minimum absolute atomic E-state index is 0.00817. The standard InChI is InChI=1S/C31H34N2O6/c1-20-8-5-6-9-23(20)19-39-24-13-10-21(11-14-24)29(35)27-28(22-12-15-25(34)26(18-22)38-4)33(31(37)30(27)36)17-7-16-32(2)3/h5-6,8-15,18,28,34-35H,7,16-17,19H2,1-4H3/b29-27+/t28-/m0/s1. The molecule has 1 heterocycles. The summed E-state index contributed by atoms with van der Waals surface area (Å²) in [4.78, 5) is 29.9. The highest BCUT2D eigenvalue weighted by atomic mass is 16.5. The number of phenols is 1. The van der Waals surface area contributed by atoms with E-state index in [9.17, 15) is 19.8 Å². The number of amides is 1. The van der Waals surface area contributed by atoms with E-state index in [2.05, 4.69) is 0 Å². The summed E-state index contributed by atoms with van der Waals surface area (Å²) >= 11 is 0. The maximum Gasteiger partial charge on any atom is 0.295 e. The number of rotatable bonds is 10. The van der Waals surface area contributed by atoms with E-state index in [0.29, 0.717) is 36.4 Å². The highest BCUT2D eigenvalue weighted by Crippen LogP contribution is 2.42. The van der Waals surface area contributed by atoms with Gasteiger partial charge in [0.05, 0.1) is 18.7 Å². The zero-order valence-electron chi connectivity index (χ0n) is 22.7. The lowest BCUT2D eigenvalue weighted by atomic mass is 9.95. The average molecular weight is 531 g/mol. The van der Waals surface area contributed by atoms with Gasteiger partial charge in [0.1, 0.15) is 18.1 Å². The number of methoxy groups -OCH3 is 1. The number of nitrogens with zero attached hydrogens (tertiary/aromatic N) is 2. The van der Waals surface area contributed by atoms with Crippen LogP contribution in [0.2, 0.25) is 0 Å². The molecule has 0 unspecified atom stereocenters. The summed E-state index contributed by atoms with van der Waals surface area (Å²) in [6, 6.07) is 18.6. The van der Waals surface area contributed by atoms with Gasteiger partial charge in [-0.2, -0.15) is 0 Å². The van der Waals surface area contributed by atoms with Crippen molar-refractivity contribution in [3.63, 3.8) is 0 Å². The zero-order chi connectivity index (χ0) is 28.1. The zero-order valence-corrected chi connectivity index (χ0v) is 22.7. The Morgan fingerprint density at radius 3 is 2.41 bits per heavy atom. The normalized spacial score (nSPS) is 16.6. The van der Waals surface area contributed by atoms with Crippen molar-refractivity contribution in [2.45, 2.75) is 26.0 Å². The predicted octanol–water partition coefficient (Wildman–Crippen LogP) is 4.66. The van der Waals surface area contributed by atoms with Crippen LogP contribution in [0.4, 0.5) is 0 Å². The van der Waals surface area contributed by atoms with Gasteiger partial charge in [0.2, 0.25) is 0 Å². The molecule has 0 saturated carbocycles. The molecular weight excluding hydrogens is 496 g/mol. The summed E-state index contributed by atoms with van der Waals surface area (Å²) in [6.45, 7) is 3.46. The van der Waals surface area contributed by atoms with Crippen LogP contribution in [-0.2, 0) is 16.2 Å². The first kappa shape index (κ1) is 27.7. The molecule has 2 N–H and O–H groups in total. The second-order valence-electron chi connectivity index (χ2n) is 9.82. The molecule has 8 nitrogen and oxygen atoms in total. The van der Waals surface area contributed by atoms with Crippen molar-refractivity contribution < 1.29 is 29.3 Å². The minimum Gasteiger partial charge on any atom is -0.507 e. The average Bonchev–Trinajstić information content (AvgIpc) is 3.17. The third-order valence-electron chi connectivity index (χ3n) is 6.85. The maximum absolute atomic E-state index is 13.3. The van der Waals surface area contributed by atoms with Crippen LogP contribution in [0.3, 0.4) is 0 Å². The van der Waals surface area contributed by atoms with Crippen LogP contribution >= 0.6 is 0 Å². The molecule has 1 fully saturated rings. The number of aromatic hydroxyl groups is 1. The predicted molar refractivity (Wildman–Crippen MR) is 149 cm³/mol. The minimum atomic E-state index is -0.835. The Labute approximate surface area is 228 Å². The van der Waals surface area contributed by atoms with Crippen LogP contribution in [0.25, 0.3) is 5.76 Å². The Morgan fingerprint density at radius 1 is 1.03 bits per heavy atom. The summed E-state index contributed by atoms with van der Waals surface area (Å²) in [6.07, 6.45) is 0.638. The monoisotopic (exact) mass is 530 g/mol. The Kier molecular flexibility index (Phi) is 8.56. The van der Waals surface area contributed by atoms with E-state index in [1.807, 2.05) is 50.2 Å². The van der Waals surface area contributed by atoms with Crippen molar-refractivity contribution in [2.24, 2.45) is 0 Å². The van der Waals surface area contributed by atoms with Crippen molar-refractivity contribution in [1.29, 1.82) is 0 Å². The smallest absolute Gasteiger partial charge is 0.295 e. The molecule has 0 aliphatic carbocycles. The SMILES string of the molecule is COc1cc([C@H]2/C(=C(\O)c3ccc(OCc4ccccc4C)cc3)C(=O)C(=O)N2CCCN(C)C)ccc1O. The van der Waals surface area contributed by atoms with Gasteiger partial charge < -0.3 is 29.5 Å². The van der Waals surface area contributed by atoms with E-state index in [-0.39, 0.29) is 22.8 Å². The number of ketones is 1. The number of aliphatic hydroxyl groups excluding tert-OH is 1. The molecule has 39 heavy (non-hydrogen) atoms. The number of aryl methyl sites for hydroxylation is 1. The fourth-order valence-corrected chi connectivity index (χ4v) is 4.68. The lowest BCUT2D eigenvalue weighted by Gasteiger charge is -2.26. The number of benzene rings is 3. The van der Waals surface area contributed by atoms with Crippen molar-refractivity contribution in [3.8, 4) is 17.2 Å². The first-order chi connectivity index (χ1) is 18.7. The molecule has 0 spiro atoms. The molecule has 0 bridgehead atoms. The van der Waals surface area contributed by atoms with Crippen molar-refractivity contribution >= 4 is 17.4 Å². The molecule has 1 aliphatic rings. The highest BCUT2D eigenvalue weighted by molar-refractivity contribution is 6.46. The molecule has 0 radical (unpaired) electrons. The topological polar surface area (TPSA) is 99.5 Å². The molecule has 4 rings (SSSR count). The van der Waals surface area contributed by atoms with Gasteiger partial charge in [-0.05, 0) is 87.1 Å². The molecule has 204 valence electrons. The summed E-state index contributed by atoms with van der Waals surface area (Å²) < 4.78 is 11.2. The molecule has 8 heteroatoms. The number of ether oxygens (including phenoxy) is 2. The maximum atomic E-state index is 13.3. The van der Waals surface area contributed by atoms with E-state index in [1.165, 1.54) is 18.1 Å². The molecular formula is C31H34N2O6. The van der Waals surface area contributed by atoms with Gasteiger partial charge >= 0.3 is 0 Å². The van der Waals surface area contributed by atoms with Gasteiger partial charge in [0, 0.05) is 12.1 Å². The third kappa shape index (κ3) is 6.07. The number of carbonyl (C=O) groups is 2. The number of carbonyl (C=O) groups excluding carboxylic acids is 2. The molecule has 1 saturated heterocycles. The quantitative estimate of drug-likeness (QED) is 0.223. The summed E-state index contributed by atoms with van der Waals surface area (Å²) in [7, 11) is 5.30. The molecule has 3 aromatic rings. The number of likely N-dealkylation sites (tertiary alicyclic amines) is 1. The van der Waals surface area contributed by atoms with Crippen molar-refractivity contribution in [1.82, 2.24) is 9.80 Å². The van der Waals surface area contributed by atoms with Crippen LogP contribution in [-0.4, -0.2) is 66.0 Å². The van der Waals surface area contributed by atoms with Crippen LogP contribution in [0, 0.1) is 6.92 Å². The Morgan fingerprint density at radius 2 is 1.74 bits per heavy atom. The number of hydrogen-bond acceptors (Lipinski definition) is 7. The fourth-order valence-electron chi connectivity index (χ4n) is 4.68. The van der Waals surface area contributed by atoms with Crippen LogP contribution in [0.5, 0.6) is 17.2 Å². The van der Waals surface area contributed by atoms with Crippen LogP contribution < -0.4 is 9.47 Å². The Hall–Kier alpha value is -4.30. The number of Topliss-reactive ketones (excluding diaryl/α,β-unsaturated/α-hetero) is 1. The fraction of sp³-hybridized carbons (Fsp3) is 0.290. The largest absolute Gasteiger partial charge is 0.507 e. The lowest BCUT2D eigenvalue weighted by molar-refractivity contribution is -0.139. The number of aliphatic hydroxyl groups is 1. The van der Waals surface area contributed by atoms with Crippen LogP contribution in [0.15, 0.2) is 72.3 Å². The number of hydrogen-bond donors (Lipinski definition) is 2.